The molecule has 0 amide bonds. The van der Waals surface area contributed by atoms with Crippen LogP contribution in [0.2, 0.25) is 0 Å². The number of aliphatic hydroxyl groups excluding tert-OH is 1. The lowest BCUT2D eigenvalue weighted by molar-refractivity contribution is -0.198. The highest BCUT2D eigenvalue weighted by Gasteiger charge is 2.58. The predicted octanol–water partition coefficient (Wildman–Crippen LogP) is 4.24. The number of benzene rings is 1. The molecule has 6 atom stereocenters. The molecule has 0 aliphatic heterocycles. The van der Waals surface area contributed by atoms with Gasteiger partial charge in [0.05, 0.1) is 19.1 Å². The summed E-state index contributed by atoms with van der Waals surface area (Å²) in [5.41, 5.74) is 0.445. The molecule has 1 N–H and O–H groups in total. The summed E-state index contributed by atoms with van der Waals surface area (Å²) in [5.74, 6) is -0.895. The molecule has 5 heteroatoms. The highest BCUT2D eigenvalue weighted by molar-refractivity contribution is 5.87. The van der Waals surface area contributed by atoms with Gasteiger partial charge in [0, 0.05) is 17.4 Å². The van der Waals surface area contributed by atoms with Crippen LogP contribution in [0.5, 0.6) is 0 Å². The fourth-order valence-electron chi connectivity index (χ4n) is 5.57. The van der Waals surface area contributed by atoms with E-state index in [-0.39, 0.29) is 23.7 Å². The summed E-state index contributed by atoms with van der Waals surface area (Å²) in [6.45, 7) is 6.29. The van der Waals surface area contributed by atoms with Crippen molar-refractivity contribution in [2.45, 2.75) is 58.7 Å². The Hall–Kier alpha value is -2.14. The second kappa shape index (κ2) is 9.34. The van der Waals surface area contributed by atoms with E-state index in [1.54, 1.807) is 6.08 Å². The molecule has 0 spiro atoms. The van der Waals surface area contributed by atoms with E-state index in [1.807, 2.05) is 37.3 Å². The average molecular weight is 415 g/mol. The minimum atomic E-state index is -0.516. The molecule has 5 nitrogen and oxygen atoms in total. The van der Waals surface area contributed by atoms with Crippen LogP contribution in [0, 0.1) is 29.1 Å². The lowest BCUT2D eigenvalue weighted by Crippen LogP contribution is -2.59. The van der Waals surface area contributed by atoms with Gasteiger partial charge in [0.25, 0.3) is 0 Å². The number of methoxy groups -OCH3 is 1. The number of hydrogen-bond donors (Lipinski definition) is 1. The molecule has 2 fully saturated rings. The molecule has 30 heavy (non-hydrogen) atoms. The summed E-state index contributed by atoms with van der Waals surface area (Å²) < 4.78 is 11.1. The van der Waals surface area contributed by atoms with Crippen molar-refractivity contribution < 1.29 is 24.2 Å². The summed E-state index contributed by atoms with van der Waals surface area (Å²) in [6, 6.07) is 9.59. The smallest absolute Gasteiger partial charge is 0.331 e. The third-order valence-corrected chi connectivity index (χ3v) is 7.32. The number of carbonyl (C=O) groups is 2. The van der Waals surface area contributed by atoms with Gasteiger partial charge in [-0.1, -0.05) is 51.1 Å². The zero-order chi connectivity index (χ0) is 21.9. The van der Waals surface area contributed by atoms with Gasteiger partial charge in [0.15, 0.2) is 0 Å². The van der Waals surface area contributed by atoms with Crippen LogP contribution in [0.15, 0.2) is 36.4 Å². The van der Waals surface area contributed by atoms with Crippen LogP contribution in [0.3, 0.4) is 0 Å². The summed E-state index contributed by atoms with van der Waals surface area (Å²) in [4.78, 5) is 25.4. The predicted molar refractivity (Wildman–Crippen MR) is 115 cm³/mol. The van der Waals surface area contributed by atoms with Crippen LogP contribution in [-0.2, 0) is 19.1 Å². The summed E-state index contributed by atoms with van der Waals surface area (Å²) in [6.07, 6.45) is 5.01. The molecule has 2 aliphatic carbocycles. The Labute approximate surface area is 179 Å². The molecule has 2 saturated carbocycles. The Balaban J connectivity index is 1.90. The lowest BCUT2D eigenvalue weighted by Gasteiger charge is -2.56. The highest BCUT2D eigenvalue weighted by Crippen LogP contribution is 2.56. The largest absolute Gasteiger partial charge is 0.469 e. The van der Waals surface area contributed by atoms with E-state index in [0.717, 1.165) is 18.4 Å². The van der Waals surface area contributed by atoms with Gasteiger partial charge in [-0.2, -0.15) is 0 Å². The van der Waals surface area contributed by atoms with Crippen molar-refractivity contribution in [3.05, 3.63) is 42.0 Å². The molecular formula is C25H34O5. The first-order valence-electron chi connectivity index (χ1n) is 11.0. The van der Waals surface area contributed by atoms with Gasteiger partial charge < -0.3 is 14.6 Å². The number of rotatable bonds is 5. The fourth-order valence-corrected chi connectivity index (χ4v) is 5.57. The van der Waals surface area contributed by atoms with Crippen molar-refractivity contribution in [3.8, 4) is 0 Å². The Morgan fingerprint density at radius 1 is 1.17 bits per heavy atom. The summed E-state index contributed by atoms with van der Waals surface area (Å²) >= 11 is 0. The van der Waals surface area contributed by atoms with E-state index >= 15 is 0 Å². The van der Waals surface area contributed by atoms with Gasteiger partial charge in [-0.05, 0) is 49.2 Å². The first-order chi connectivity index (χ1) is 14.3. The van der Waals surface area contributed by atoms with Crippen molar-refractivity contribution in [1.29, 1.82) is 0 Å². The third-order valence-electron chi connectivity index (χ3n) is 7.32. The van der Waals surface area contributed by atoms with E-state index < -0.39 is 23.6 Å². The summed E-state index contributed by atoms with van der Waals surface area (Å²) in [5, 5.41) is 10.9. The maximum absolute atomic E-state index is 12.8. The Morgan fingerprint density at radius 3 is 2.50 bits per heavy atom. The maximum atomic E-state index is 12.8. The van der Waals surface area contributed by atoms with Crippen LogP contribution in [0.1, 0.15) is 52.0 Å². The summed E-state index contributed by atoms with van der Waals surface area (Å²) in [7, 11) is 1.40. The Kier molecular flexibility index (Phi) is 7.02. The first-order valence-corrected chi connectivity index (χ1v) is 11.0. The van der Waals surface area contributed by atoms with Crippen molar-refractivity contribution in [2.24, 2.45) is 29.1 Å². The van der Waals surface area contributed by atoms with E-state index in [9.17, 15) is 14.7 Å². The van der Waals surface area contributed by atoms with Crippen molar-refractivity contribution in [3.63, 3.8) is 0 Å². The van der Waals surface area contributed by atoms with Crippen LogP contribution in [-0.4, -0.2) is 36.4 Å². The molecular weight excluding hydrogens is 380 g/mol. The van der Waals surface area contributed by atoms with Gasteiger partial charge in [0.1, 0.15) is 6.10 Å². The fraction of sp³-hybridized carbons (Fsp3) is 0.600. The number of fused-ring (bicyclic) bond motifs is 1. The Bertz CT molecular complexity index is 771. The zero-order valence-corrected chi connectivity index (χ0v) is 18.4. The van der Waals surface area contributed by atoms with E-state index in [1.165, 1.54) is 13.2 Å². The molecule has 1 aromatic carbocycles. The molecule has 0 unspecified atom stereocenters. The van der Waals surface area contributed by atoms with Crippen LogP contribution < -0.4 is 0 Å². The van der Waals surface area contributed by atoms with Gasteiger partial charge in [0.2, 0.25) is 0 Å². The van der Waals surface area contributed by atoms with Gasteiger partial charge in [-0.25, -0.2) is 4.79 Å². The second-order valence-electron chi connectivity index (χ2n) is 9.35. The van der Waals surface area contributed by atoms with Crippen LogP contribution >= 0.6 is 0 Å². The number of hydrogen-bond acceptors (Lipinski definition) is 5. The van der Waals surface area contributed by atoms with Crippen molar-refractivity contribution in [2.75, 3.05) is 7.11 Å². The SMILES string of the molecule is COC(=O)[C@@H]1CC[C@H](O)[C@]2(C)CC[C@@H](C(C)C)[C@@H](OC(=O)C=Cc3ccccc3)[C@@H]12. The number of aliphatic hydroxyl groups is 1. The van der Waals surface area contributed by atoms with Crippen LogP contribution in [0.25, 0.3) is 6.08 Å². The topological polar surface area (TPSA) is 72.8 Å². The number of esters is 2. The highest BCUT2D eigenvalue weighted by atomic mass is 16.5. The molecule has 0 aromatic heterocycles. The minimum absolute atomic E-state index is 0.134. The average Bonchev–Trinajstić information content (AvgIpc) is 2.73. The molecule has 0 radical (unpaired) electrons. The van der Waals surface area contributed by atoms with Gasteiger partial charge in [-0.15, -0.1) is 0 Å². The first kappa shape index (κ1) is 22.5. The molecule has 0 heterocycles. The number of ether oxygens (including phenoxy) is 2. The zero-order valence-electron chi connectivity index (χ0n) is 18.4. The molecule has 1 aromatic rings. The van der Waals surface area contributed by atoms with Crippen molar-refractivity contribution in [1.82, 2.24) is 0 Å². The number of carbonyl (C=O) groups excluding carboxylic acids is 2. The van der Waals surface area contributed by atoms with E-state index in [2.05, 4.69) is 13.8 Å². The Morgan fingerprint density at radius 2 is 1.87 bits per heavy atom. The quantitative estimate of drug-likeness (QED) is 0.576. The molecule has 3 rings (SSSR count). The molecule has 164 valence electrons. The van der Waals surface area contributed by atoms with Crippen molar-refractivity contribution >= 4 is 18.0 Å². The maximum Gasteiger partial charge on any atom is 0.331 e. The standard InChI is InChI=1S/C25H34O5/c1-16(2)18-14-15-25(3)20(26)12-11-19(24(28)29-4)22(25)23(18)30-21(27)13-10-17-8-6-5-7-9-17/h5-10,13,16,18-20,22-23,26H,11-12,14-15H2,1-4H3/t18-,19+,20-,22+,23+,25-/m0/s1. The van der Waals surface area contributed by atoms with E-state index in [4.69, 9.17) is 9.47 Å². The van der Waals surface area contributed by atoms with Gasteiger partial charge >= 0.3 is 11.9 Å². The monoisotopic (exact) mass is 414 g/mol. The lowest BCUT2D eigenvalue weighted by atomic mass is 9.51. The molecule has 0 saturated heterocycles. The second-order valence-corrected chi connectivity index (χ2v) is 9.35. The van der Waals surface area contributed by atoms with Gasteiger partial charge in [-0.3, -0.25) is 4.79 Å². The van der Waals surface area contributed by atoms with E-state index in [0.29, 0.717) is 18.8 Å². The molecule has 0 bridgehead atoms. The minimum Gasteiger partial charge on any atom is -0.469 e. The third kappa shape index (κ3) is 4.46. The molecule has 2 aliphatic rings. The normalized spacial score (nSPS) is 33.9. The van der Waals surface area contributed by atoms with Crippen LogP contribution in [0.4, 0.5) is 0 Å².